The number of nitrogens with one attached hydrogen (secondary N) is 2. The van der Waals surface area contributed by atoms with Gasteiger partial charge in [-0.15, -0.1) is 0 Å². The molecule has 0 aliphatic rings. The van der Waals surface area contributed by atoms with Gasteiger partial charge in [-0.25, -0.2) is 14.4 Å². The van der Waals surface area contributed by atoms with Crippen LogP contribution in [0, 0.1) is 15.9 Å². The van der Waals surface area contributed by atoms with Crippen LogP contribution in [0.3, 0.4) is 0 Å². The van der Waals surface area contributed by atoms with Gasteiger partial charge in [-0.1, -0.05) is 12.1 Å². The molecule has 2 rings (SSSR count). The van der Waals surface area contributed by atoms with E-state index in [-0.39, 0.29) is 35.2 Å². The van der Waals surface area contributed by atoms with Gasteiger partial charge < -0.3 is 10.6 Å². The lowest BCUT2D eigenvalue weighted by atomic mass is 10.1. The summed E-state index contributed by atoms with van der Waals surface area (Å²) in [4.78, 5) is 18.8. The number of anilines is 2. The third-order valence-corrected chi connectivity index (χ3v) is 2.87. The summed E-state index contributed by atoms with van der Waals surface area (Å²) in [6.07, 6.45) is 1.26. The summed E-state index contributed by atoms with van der Waals surface area (Å²) in [6, 6.07) is 5.86. The fraction of sp³-hybridized carbons (Fsp3) is 0.333. The SMILES string of the molecule is CC(C)(C)Nc1ncnc(NCc2ccc(F)cc2)c1[N+](=O)[O-]. The maximum Gasteiger partial charge on any atom is 0.353 e. The van der Waals surface area contributed by atoms with Gasteiger partial charge >= 0.3 is 5.69 Å². The predicted octanol–water partition coefficient (Wildman–Crippen LogP) is 3.35. The van der Waals surface area contributed by atoms with Crippen LogP contribution in [0.1, 0.15) is 26.3 Å². The van der Waals surface area contributed by atoms with E-state index in [1.807, 2.05) is 20.8 Å². The van der Waals surface area contributed by atoms with Crippen molar-refractivity contribution >= 4 is 17.3 Å². The number of benzene rings is 1. The Labute approximate surface area is 133 Å². The maximum atomic E-state index is 12.9. The lowest BCUT2D eigenvalue weighted by Crippen LogP contribution is -2.27. The quantitative estimate of drug-likeness (QED) is 0.648. The Morgan fingerprint density at radius 2 is 1.78 bits per heavy atom. The van der Waals surface area contributed by atoms with Crippen LogP contribution in [0.4, 0.5) is 21.7 Å². The molecule has 0 spiro atoms. The molecule has 1 aromatic heterocycles. The first kappa shape index (κ1) is 16.6. The normalized spacial score (nSPS) is 11.1. The van der Waals surface area contributed by atoms with Crippen LogP contribution in [0.25, 0.3) is 0 Å². The molecule has 122 valence electrons. The number of hydrogen-bond donors (Lipinski definition) is 2. The smallest absolute Gasteiger partial charge is 0.353 e. The second-order valence-corrected chi connectivity index (χ2v) is 6.03. The van der Waals surface area contributed by atoms with Gasteiger partial charge in [0.2, 0.25) is 11.6 Å². The molecule has 0 bridgehead atoms. The lowest BCUT2D eigenvalue weighted by molar-refractivity contribution is -0.383. The molecule has 0 radical (unpaired) electrons. The minimum Gasteiger partial charge on any atom is -0.360 e. The van der Waals surface area contributed by atoms with Gasteiger partial charge in [0.25, 0.3) is 0 Å². The number of aromatic nitrogens is 2. The highest BCUT2D eigenvalue weighted by Crippen LogP contribution is 2.30. The van der Waals surface area contributed by atoms with E-state index in [9.17, 15) is 14.5 Å². The first-order chi connectivity index (χ1) is 10.8. The Hall–Kier alpha value is -2.77. The van der Waals surface area contributed by atoms with Crippen molar-refractivity contribution < 1.29 is 9.31 Å². The van der Waals surface area contributed by atoms with E-state index in [4.69, 9.17) is 0 Å². The van der Waals surface area contributed by atoms with E-state index in [2.05, 4.69) is 20.6 Å². The Balaban J connectivity index is 2.25. The molecule has 0 fully saturated rings. The maximum absolute atomic E-state index is 12.9. The second-order valence-electron chi connectivity index (χ2n) is 6.03. The van der Waals surface area contributed by atoms with E-state index >= 15 is 0 Å². The van der Waals surface area contributed by atoms with Crippen molar-refractivity contribution in [2.75, 3.05) is 10.6 Å². The molecule has 23 heavy (non-hydrogen) atoms. The van der Waals surface area contributed by atoms with E-state index in [0.29, 0.717) is 0 Å². The van der Waals surface area contributed by atoms with Crippen molar-refractivity contribution in [3.63, 3.8) is 0 Å². The average Bonchev–Trinajstić information content (AvgIpc) is 2.44. The van der Waals surface area contributed by atoms with Crippen LogP contribution in [0.15, 0.2) is 30.6 Å². The highest BCUT2D eigenvalue weighted by atomic mass is 19.1. The zero-order valence-corrected chi connectivity index (χ0v) is 13.1. The van der Waals surface area contributed by atoms with Crippen molar-refractivity contribution in [3.05, 3.63) is 52.1 Å². The van der Waals surface area contributed by atoms with Gasteiger partial charge in [0, 0.05) is 12.1 Å². The highest BCUT2D eigenvalue weighted by Gasteiger charge is 2.25. The molecule has 7 nitrogen and oxygen atoms in total. The molecule has 2 aromatic rings. The number of rotatable bonds is 5. The second kappa shape index (κ2) is 6.55. The molecule has 0 atom stereocenters. The first-order valence-corrected chi connectivity index (χ1v) is 7.02. The third kappa shape index (κ3) is 4.60. The van der Waals surface area contributed by atoms with Crippen LogP contribution >= 0.6 is 0 Å². The Morgan fingerprint density at radius 3 is 2.35 bits per heavy atom. The summed E-state index contributed by atoms with van der Waals surface area (Å²) in [5, 5.41) is 17.3. The van der Waals surface area contributed by atoms with Gasteiger partial charge in [0.15, 0.2) is 0 Å². The van der Waals surface area contributed by atoms with E-state index < -0.39 is 4.92 Å². The van der Waals surface area contributed by atoms with E-state index in [0.717, 1.165) is 5.56 Å². The Kier molecular flexibility index (Phi) is 4.73. The number of nitrogens with zero attached hydrogens (tertiary/aromatic N) is 3. The van der Waals surface area contributed by atoms with E-state index in [1.54, 1.807) is 12.1 Å². The minimum absolute atomic E-state index is 0.112. The van der Waals surface area contributed by atoms with Crippen molar-refractivity contribution in [1.29, 1.82) is 0 Å². The summed E-state index contributed by atoms with van der Waals surface area (Å²) < 4.78 is 12.9. The molecular formula is C15H18FN5O2. The zero-order valence-electron chi connectivity index (χ0n) is 13.1. The summed E-state index contributed by atoms with van der Waals surface area (Å²) in [5.74, 6) is -0.0707. The van der Waals surface area contributed by atoms with Crippen LogP contribution in [-0.2, 0) is 6.54 Å². The van der Waals surface area contributed by atoms with Crippen LogP contribution in [0.2, 0.25) is 0 Å². The molecule has 1 heterocycles. The topological polar surface area (TPSA) is 93.0 Å². The molecule has 0 amide bonds. The zero-order chi connectivity index (χ0) is 17.0. The summed E-state index contributed by atoms with van der Waals surface area (Å²) >= 11 is 0. The van der Waals surface area contributed by atoms with Crippen molar-refractivity contribution in [2.24, 2.45) is 0 Å². The van der Waals surface area contributed by atoms with Gasteiger partial charge in [0.05, 0.1) is 4.92 Å². The summed E-state index contributed by atoms with van der Waals surface area (Å²) in [5.41, 5.74) is 0.182. The minimum atomic E-state index is -0.527. The molecule has 0 aliphatic heterocycles. The van der Waals surface area contributed by atoms with Gasteiger partial charge in [-0.05, 0) is 38.5 Å². The molecule has 0 unspecified atom stereocenters. The molecule has 0 aliphatic carbocycles. The van der Waals surface area contributed by atoms with Gasteiger partial charge in [-0.2, -0.15) is 0 Å². The fourth-order valence-electron chi connectivity index (χ4n) is 1.92. The molecule has 0 saturated carbocycles. The molecular weight excluding hydrogens is 301 g/mol. The van der Waals surface area contributed by atoms with E-state index in [1.165, 1.54) is 18.5 Å². The first-order valence-electron chi connectivity index (χ1n) is 7.02. The van der Waals surface area contributed by atoms with Crippen molar-refractivity contribution in [3.8, 4) is 0 Å². The van der Waals surface area contributed by atoms with Crippen LogP contribution in [-0.4, -0.2) is 20.4 Å². The molecule has 0 saturated heterocycles. The lowest BCUT2D eigenvalue weighted by Gasteiger charge is -2.21. The largest absolute Gasteiger partial charge is 0.360 e. The summed E-state index contributed by atoms with van der Waals surface area (Å²) in [6.45, 7) is 5.92. The number of nitro groups is 1. The monoisotopic (exact) mass is 319 g/mol. The third-order valence-electron chi connectivity index (χ3n) is 2.87. The molecule has 2 N–H and O–H groups in total. The van der Waals surface area contributed by atoms with Crippen LogP contribution < -0.4 is 10.6 Å². The van der Waals surface area contributed by atoms with Crippen molar-refractivity contribution in [2.45, 2.75) is 32.9 Å². The fourth-order valence-corrected chi connectivity index (χ4v) is 1.92. The highest BCUT2D eigenvalue weighted by molar-refractivity contribution is 5.69. The predicted molar refractivity (Wildman–Crippen MR) is 85.8 cm³/mol. The van der Waals surface area contributed by atoms with Gasteiger partial charge in [0.1, 0.15) is 12.1 Å². The molecule has 1 aromatic carbocycles. The molecule has 8 heteroatoms. The number of halogens is 1. The summed E-state index contributed by atoms with van der Waals surface area (Å²) in [7, 11) is 0. The average molecular weight is 319 g/mol. The number of hydrogen-bond acceptors (Lipinski definition) is 6. The standard InChI is InChI=1S/C15H18FN5O2/c1-15(2,3)20-14-12(21(22)23)13(18-9-19-14)17-8-10-4-6-11(16)7-5-10/h4-7,9H,8H2,1-3H3,(H2,17,18,19,20). The Bertz CT molecular complexity index is 698. The Morgan fingerprint density at radius 1 is 1.17 bits per heavy atom. The van der Waals surface area contributed by atoms with Crippen molar-refractivity contribution in [1.82, 2.24) is 9.97 Å². The van der Waals surface area contributed by atoms with Crippen LogP contribution in [0.5, 0.6) is 0 Å². The van der Waals surface area contributed by atoms with Gasteiger partial charge in [-0.3, -0.25) is 10.1 Å².